The molecule has 0 saturated heterocycles. The van der Waals surface area contributed by atoms with Gasteiger partial charge in [0.25, 0.3) is 0 Å². The van der Waals surface area contributed by atoms with Gasteiger partial charge in [-0.15, -0.1) is 0 Å². The molecule has 0 unspecified atom stereocenters. The van der Waals surface area contributed by atoms with Crippen LogP contribution in [0.4, 0.5) is 11.5 Å². The van der Waals surface area contributed by atoms with Crippen molar-refractivity contribution in [3.8, 4) is 0 Å². The Balaban J connectivity index is 2.05. The van der Waals surface area contributed by atoms with Crippen LogP contribution in [0.1, 0.15) is 23.2 Å². The summed E-state index contributed by atoms with van der Waals surface area (Å²) in [6.07, 6.45) is 3.34. The first kappa shape index (κ1) is 13.1. The molecule has 1 aromatic rings. The second-order valence-electron chi connectivity index (χ2n) is 4.63. The lowest BCUT2D eigenvalue weighted by atomic mass is 10.2. The van der Waals surface area contributed by atoms with Crippen molar-refractivity contribution in [2.45, 2.75) is 18.9 Å². The standard InChI is InChI=1S/C12H16N4O3/c1-16(6-11(17)15-7-2-3-7)10-4-8(12(18)19)9(13)5-14-10/h4-5,7H,2-3,6,13H2,1H3,(H,15,17)(H,18,19). The minimum Gasteiger partial charge on any atom is -0.478 e. The summed E-state index contributed by atoms with van der Waals surface area (Å²) >= 11 is 0. The van der Waals surface area contributed by atoms with E-state index in [-0.39, 0.29) is 23.7 Å². The van der Waals surface area contributed by atoms with Gasteiger partial charge in [0, 0.05) is 13.1 Å². The Labute approximate surface area is 110 Å². The average Bonchev–Trinajstić information content (AvgIpc) is 3.12. The van der Waals surface area contributed by atoms with Gasteiger partial charge < -0.3 is 21.1 Å². The van der Waals surface area contributed by atoms with Crippen LogP contribution >= 0.6 is 0 Å². The Bertz CT molecular complexity index is 514. The van der Waals surface area contributed by atoms with Crippen molar-refractivity contribution >= 4 is 23.4 Å². The van der Waals surface area contributed by atoms with Crippen LogP contribution in [0.2, 0.25) is 0 Å². The fraction of sp³-hybridized carbons (Fsp3) is 0.417. The van der Waals surface area contributed by atoms with Gasteiger partial charge in [0.2, 0.25) is 5.91 Å². The van der Waals surface area contributed by atoms with E-state index >= 15 is 0 Å². The van der Waals surface area contributed by atoms with Crippen LogP contribution < -0.4 is 16.0 Å². The molecular formula is C12H16N4O3. The molecular weight excluding hydrogens is 248 g/mol. The van der Waals surface area contributed by atoms with Gasteiger partial charge in [0.1, 0.15) is 5.82 Å². The molecule has 0 bridgehead atoms. The Hall–Kier alpha value is -2.31. The lowest BCUT2D eigenvalue weighted by Crippen LogP contribution is -2.36. The fourth-order valence-electron chi connectivity index (χ4n) is 1.65. The number of carbonyl (C=O) groups excluding carboxylic acids is 1. The predicted molar refractivity (Wildman–Crippen MR) is 70.0 cm³/mol. The number of carbonyl (C=O) groups is 2. The molecule has 102 valence electrons. The first-order valence-electron chi connectivity index (χ1n) is 5.96. The number of nitrogens with two attached hydrogens (primary N) is 1. The highest BCUT2D eigenvalue weighted by Crippen LogP contribution is 2.19. The molecule has 0 aromatic carbocycles. The summed E-state index contributed by atoms with van der Waals surface area (Å²) in [6, 6.07) is 1.66. The Kier molecular flexibility index (Phi) is 3.55. The van der Waals surface area contributed by atoms with Gasteiger partial charge in [-0.2, -0.15) is 0 Å². The second kappa shape index (κ2) is 5.13. The van der Waals surface area contributed by atoms with Crippen LogP contribution in [0.5, 0.6) is 0 Å². The van der Waals surface area contributed by atoms with Crippen LogP contribution in [-0.4, -0.2) is 41.6 Å². The zero-order chi connectivity index (χ0) is 14.0. The topological polar surface area (TPSA) is 109 Å². The molecule has 0 atom stereocenters. The van der Waals surface area contributed by atoms with Gasteiger partial charge in [0.15, 0.2) is 0 Å². The third-order valence-corrected chi connectivity index (χ3v) is 2.87. The van der Waals surface area contributed by atoms with Crippen molar-refractivity contribution in [2.75, 3.05) is 24.2 Å². The molecule has 7 nitrogen and oxygen atoms in total. The van der Waals surface area contributed by atoms with E-state index in [9.17, 15) is 9.59 Å². The summed E-state index contributed by atoms with van der Waals surface area (Å²) in [5.74, 6) is -0.810. The molecule has 2 rings (SSSR count). The van der Waals surface area contributed by atoms with Crippen LogP contribution in [0, 0.1) is 0 Å². The van der Waals surface area contributed by atoms with Crippen LogP contribution in [0.3, 0.4) is 0 Å². The van der Waals surface area contributed by atoms with Crippen molar-refractivity contribution in [1.82, 2.24) is 10.3 Å². The number of anilines is 2. The maximum Gasteiger partial charge on any atom is 0.337 e. The van der Waals surface area contributed by atoms with Crippen molar-refractivity contribution in [2.24, 2.45) is 0 Å². The van der Waals surface area contributed by atoms with Crippen LogP contribution in [0.15, 0.2) is 12.3 Å². The Morgan fingerprint density at radius 2 is 2.26 bits per heavy atom. The summed E-state index contributed by atoms with van der Waals surface area (Å²) in [7, 11) is 1.68. The molecule has 1 fully saturated rings. The van der Waals surface area contributed by atoms with E-state index < -0.39 is 5.97 Å². The normalized spacial score (nSPS) is 13.9. The largest absolute Gasteiger partial charge is 0.478 e. The summed E-state index contributed by atoms with van der Waals surface area (Å²) in [5.41, 5.74) is 5.61. The number of nitrogens with one attached hydrogen (secondary N) is 1. The number of pyridine rings is 1. The average molecular weight is 264 g/mol. The zero-order valence-corrected chi connectivity index (χ0v) is 10.6. The summed E-state index contributed by atoms with van der Waals surface area (Å²) < 4.78 is 0. The molecule has 1 aromatic heterocycles. The molecule has 1 heterocycles. The van der Waals surface area contributed by atoms with Crippen molar-refractivity contribution in [3.63, 3.8) is 0 Å². The molecule has 1 aliphatic rings. The first-order valence-corrected chi connectivity index (χ1v) is 5.96. The molecule has 0 spiro atoms. The number of amides is 1. The van der Waals surface area contributed by atoms with E-state index in [0.717, 1.165) is 12.8 Å². The third kappa shape index (κ3) is 3.34. The van der Waals surface area contributed by atoms with Gasteiger partial charge >= 0.3 is 5.97 Å². The summed E-state index contributed by atoms with van der Waals surface area (Å²) in [4.78, 5) is 28.2. The van der Waals surface area contributed by atoms with Gasteiger partial charge in [-0.05, 0) is 18.9 Å². The lowest BCUT2D eigenvalue weighted by molar-refractivity contribution is -0.119. The lowest BCUT2D eigenvalue weighted by Gasteiger charge is -2.18. The van der Waals surface area contributed by atoms with Gasteiger partial charge in [0.05, 0.1) is 24.0 Å². The molecule has 0 aliphatic heterocycles. The van der Waals surface area contributed by atoms with E-state index in [4.69, 9.17) is 10.8 Å². The van der Waals surface area contributed by atoms with Gasteiger partial charge in [-0.3, -0.25) is 4.79 Å². The molecule has 1 amide bonds. The maximum absolute atomic E-state index is 11.6. The SMILES string of the molecule is CN(CC(=O)NC1CC1)c1cc(C(=O)O)c(N)cn1. The van der Waals surface area contributed by atoms with E-state index in [1.165, 1.54) is 12.3 Å². The molecule has 7 heteroatoms. The molecule has 0 radical (unpaired) electrons. The molecule has 1 saturated carbocycles. The fourth-order valence-corrected chi connectivity index (χ4v) is 1.65. The number of carboxylic acid groups (broad SMARTS) is 1. The van der Waals surface area contributed by atoms with Crippen molar-refractivity contribution in [1.29, 1.82) is 0 Å². The van der Waals surface area contributed by atoms with E-state index in [2.05, 4.69) is 10.3 Å². The van der Waals surface area contributed by atoms with E-state index in [0.29, 0.717) is 11.9 Å². The number of hydrogen-bond acceptors (Lipinski definition) is 5. The zero-order valence-electron chi connectivity index (χ0n) is 10.6. The molecule has 19 heavy (non-hydrogen) atoms. The highest BCUT2D eigenvalue weighted by Gasteiger charge is 2.23. The minimum absolute atomic E-state index is 0.0144. The number of nitrogens with zero attached hydrogens (tertiary/aromatic N) is 2. The minimum atomic E-state index is -1.11. The highest BCUT2D eigenvalue weighted by molar-refractivity contribution is 5.94. The quantitative estimate of drug-likeness (QED) is 0.694. The third-order valence-electron chi connectivity index (χ3n) is 2.87. The van der Waals surface area contributed by atoms with Gasteiger partial charge in [-0.1, -0.05) is 0 Å². The van der Waals surface area contributed by atoms with Crippen molar-refractivity contribution in [3.05, 3.63) is 17.8 Å². The number of nitrogen functional groups attached to an aromatic ring is 1. The van der Waals surface area contributed by atoms with Crippen LogP contribution in [0.25, 0.3) is 0 Å². The van der Waals surface area contributed by atoms with E-state index in [1.54, 1.807) is 11.9 Å². The number of hydrogen-bond donors (Lipinski definition) is 3. The summed E-state index contributed by atoms with van der Waals surface area (Å²) in [6.45, 7) is 0.131. The first-order chi connectivity index (χ1) is 8.97. The number of rotatable bonds is 5. The monoisotopic (exact) mass is 264 g/mol. The molecule has 1 aliphatic carbocycles. The highest BCUT2D eigenvalue weighted by atomic mass is 16.4. The second-order valence-corrected chi connectivity index (χ2v) is 4.63. The van der Waals surface area contributed by atoms with E-state index in [1.807, 2.05) is 0 Å². The number of carboxylic acids is 1. The maximum atomic E-state index is 11.6. The number of aromatic nitrogens is 1. The predicted octanol–water partition coefficient (Wildman–Crippen LogP) is 0.0768. The Morgan fingerprint density at radius 1 is 1.58 bits per heavy atom. The van der Waals surface area contributed by atoms with Crippen molar-refractivity contribution < 1.29 is 14.7 Å². The van der Waals surface area contributed by atoms with Gasteiger partial charge in [-0.25, -0.2) is 9.78 Å². The number of likely N-dealkylation sites (N-methyl/N-ethyl adjacent to an activating group) is 1. The summed E-state index contributed by atoms with van der Waals surface area (Å²) in [5, 5.41) is 11.8. The number of aromatic carboxylic acids is 1. The molecule has 4 N–H and O–H groups in total. The van der Waals surface area contributed by atoms with Crippen LogP contribution in [-0.2, 0) is 4.79 Å². The smallest absolute Gasteiger partial charge is 0.337 e. The Morgan fingerprint density at radius 3 is 2.84 bits per heavy atom.